The third kappa shape index (κ3) is 9.74. The van der Waals surface area contributed by atoms with Crippen LogP contribution >= 0.6 is 0 Å². The highest BCUT2D eigenvalue weighted by atomic mass is 16.5. The monoisotopic (exact) mass is 706 g/mol. The number of carbonyl (C=O) groups excluding carboxylic acids is 2. The summed E-state index contributed by atoms with van der Waals surface area (Å²) in [7, 11) is 3.13. The highest BCUT2D eigenvalue weighted by Gasteiger charge is 2.19. The molecule has 0 atom stereocenters. The van der Waals surface area contributed by atoms with Gasteiger partial charge in [0.1, 0.15) is 0 Å². The summed E-state index contributed by atoms with van der Waals surface area (Å²) in [5.74, 6) is 1.89. The molecule has 270 valence electrons. The van der Waals surface area contributed by atoms with Crippen molar-refractivity contribution in [1.29, 1.82) is 0 Å². The molecule has 12 nitrogen and oxygen atoms in total. The standard InChI is InChI=1S/C40H42N4O8/c1-47-37-23-29(3-13-35(37)51-27-39(45)43-15-19-49-20-16-43)25-41-33-9-5-31(6-10-33)32-7-11-34(12-8-32)42-26-30-4-14-36(38(24-30)48-2)52-28-40(46)44-17-21-50-22-18-44/h3-14,23-26H,15-22,27-28H2,1-2H3. The zero-order valence-corrected chi connectivity index (χ0v) is 29.4. The molecule has 0 bridgehead atoms. The number of benzene rings is 4. The van der Waals surface area contributed by atoms with Gasteiger partial charge in [-0.2, -0.15) is 0 Å². The SMILES string of the molecule is COc1cc(C=Nc2ccc(-c3ccc(N=Cc4ccc(OCC(=O)N5CCOCC5)c(OC)c4)cc3)cc2)ccc1OCC(=O)N1CCOCC1. The number of hydrogen-bond donors (Lipinski definition) is 0. The second-order valence-electron chi connectivity index (χ2n) is 12.0. The van der Waals surface area contributed by atoms with Gasteiger partial charge in [0.2, 0.25) is 0 Å². The van der Waals surface area contributed by atoms with Gasteiger partial charge in [0.15, 0.2) is 36.2 Å². The Labute approximate surface area is 303 Å². The van der Waals surface area contributed by atoms with Gasteiger partial charge < -0.3 is 38.2 Å². The second-order valence-corrected chi connectivity index (χ2v) is 12.0. The summed E-state index contributed by atoms with van der Waals surface area (Å²) in [6, 6.07) is 26.9. The molecule has 0 radical (unpaired) electrons. The first-order valence-corrected chi connectivity index (χ1v) is 17.1. The Morgan fingerprint density at radius 1 is 0.577 bits per heavy atom. The first-order valence-electron chi connectivity index (χ1n) is 17.1. The Hall–Kier alpha value is -5.72. The van der Waals surface area contributed by atoms with E-state index in [-0.39, 0.29) is 25.0 Å². The predicted molar refractivity (Wildman–Crippen MR) is 198 cm³/mol. The highest BCUT2D eigenvalue weighted by molar-refractivity contribution is 5.85. The van der Waals surface area contributed by atoms with Gasteiger partial charge in [-0.05, 0) is 82.9 Å². The summed E-state index contributed by atoms with van der Waals surface area (Å²) in [6.45, 7) is 4.36. The first kappa shape index (κ1) is 36.1. The topological polar surface area (TPSA) is 121 Å². The van der Waals surface area contributed by atoms with Crippen LogP contribution in [0.25, 0.3) is 11.1 Å². The van der Waals surface area contributed by atoms with Crippen LogP contribution in [0.5, 0.6) is 23.0 Å². The van der Waals surface area contributed by atoms with Crippen LogP contribution in [0.15, 0.2) is 94.9 Å². The molecule has 0 aromatic heterocycles. The molecule has 0 N–H and O–H groups in total. The third-order valence-corrected chi connectivity index (χ3v) is 8.60. The molecular weight excluding hydrogens is 664 g/mol. The molecule has 2 aliphatic rings. The quantitative estimate of drug-likeness (QED) is 0.171. The molecule has 0 spiro atoms. The van der Waals surface area contributed by atoms with E-state index in [4.69, 9.17) is 28.4 Å². The molecular formula is C40H42N4O8. The van der Waals surface area contributed by atoms with E-state index >= 15 is 0 Å². The number of amides is 2. The van der Waals surface area contributed by atoms with Crippen molar-refractivity contribution in [3.05, 3.63) is 96.1 Å². The number of hydrogen-bond acceptors (Lipinski definition) is 10. The van der Waals surface area contributed by atoms with E-state index in [1.807, 2.05) is 72.8 Å². The summed E-state index contributed by atoms with van der Waals surface area (Å²) in [5.41, 5.74) is 5.38. The normalized spacial score (nSPS) is 14.8. The van der Waals surface area contributed by atoms with Gasteiger partial charge in [0.05, 0.1) is 52.0 Å². The molecule has 0 aliphatic carbocycles. The Balaban J connectivity index is 1.01. The number of carbonyl (C=O) groups is 2. The molecule has 0 saturated carbocycles. The number of morpholine rings is 2. The summed E-state index contributed by atoms with van der Waals surface area (Å²) in [5, 5.41) is 0. The average Bonchev–Trinajstić information content (AvgIpc) is 3.21. The molecule has 0 unspecified atom stereocenters. The van der Waals surface area contributed by atoms with Crippen LogP contribution in [0.2, 0.25) is 0 Å². The number of aliphatic imine (C=N–C) groups is 2. The Kier molecular flexibility index (Phi) is 12.5. The number of rotatable bonds is 13. The zero-order valence-electron chi connectivity index (χ0n) is 29.4. The first-order chi connectivity index (χ1) is 25.5. The van der Waals surface area contributed by atoms with Crippen LogP contribution in [0.4, 0.5) is 11.4 Å². The summed E-state index contributed by atoms with van der Waals surface area (Å²) in [4.78, 5) is 37.6. The number of nitrogens with zero attached hydrogens (tertiary/aromatic N) is 4. The largest absolute Gasteiger partial charge is 0.493 e. The van der Waals surface area contributed by atoms with Crippen LogP contribution < -0.4 is 18.9 Å². The van der Waals surface area contributed by atoms with Crippen LogP contribution in [-0.4, -0.2) is 114 Å². The van der Waals surface area contributed by atoms with E-state index in [2.05, 4.69) is 9.98 Å². The fourth-order valence-electron chi connectivity index (χ4n) is 5.63. The number of ether oxygens (including phenoxy) is 6. The van der Waals surface area contributed by atoms with Crippen molar-refractivity contribution >= 4 is 35.6 Å². The van der Waals surface area contributed by atoms with Crippen molar-refractivity contribution in [2.45, 2.75) is 0 Å². The fraction of sp³-hybridized carbons (Fsp3) is 0.300. The molecule has 2 aliphatic heterocycles. The van der Waals surface area contributed by atoms with Gasteiger partial charge >= 0.3 is 0 Å². The molecule has 52 heavy (non-hydrogen) atoms. The van der Waals surface area contributed by atoms with E-state index in [1.165, 1.54) is 0 Å². The molecule has 6 rings (SSSR count). The van der Waals surface area contributed by atoms with E-state index in [9.17, 15) is 9.59 Å². The molecule has 2 heterocycles. The Bertz CT molecular complexity index is 1730. The van der Waals surface area contributed by atoms with Crippen LogP contribution in [-0.2, 0) is 19.1 Å². The van der Waals surface area contributed by atoms with E-state index in [0.29, 0.717) is 75.6 Å². The van der Waals surface area contributed by atoms with E-state index in [0.717, 1.165) is 33.6 Å². The minimum Gasteiger partial charge on any atom is -0.493 e. The smallest absolute Gasteiger partial charge is 0.260 e. The lowest BCUT2D eigenvalue weighted by atomic mass is 10.1. The lowest BCUT2D eigenvalue weighted by Crippen LogP contribution is -2.43. The Morgan fingerprint density at radius 2 is 0.962 bits per heavy atom. The van der Waals surface area contributed by atoms with Crippen molar-refractivity contribution in [2.24, 2.45) is 9.98 Å². The highest BCUT2D eigenvalue weighted by Crippen LogP contribution is 2.30. The van der Waals surface area contributed by atoms with Crippen molar-refractivity contribution in [3.63, 3.8) is 0 Å². The molecule has 2 saturated heterocycles. The lowest BCUT2D eigenvalue weighted by molar-refractivity contribution is -0.138. The van der Waals surface area contributed by atoms with Gasteiger partial charge in [-0.25, -0.2) is 0 Å². The molecule has 4 aromatic rings. The maximum atomic E-state index is 12.5. The van der Waals surface area contributed by atoms with E-state index < -0.39 is 0 Å². The average molecular weight is 707 g/mol. The van der Waals surface area contributed by atoms with Crippen LogP contribution in [0.1, 0.15) is 11.1 Å². The van der Waals surface area contributed by atoms with Crippen molar-refractivity contribution in [1.82, 2.24) is 9.80 Å². The van der Waals surface area contributed by atoms with Crippen LogP contribution in [0, 0.1) is 0 Å². The van der Waals surface area contributed by atoms with Crippen molar-refractivity contribution in [2.75, 3.05) is 80.0 Å². The van der Waals surface area contributed by atoms with Gasteiger partial charge in [-0.3, -0.25) is 19.6 Å². The third-order valence-electron chi connectivity index (χ3n) is 8.60. The Morgan fingerprint density at radius 3 is 1.33 bits per heavy atom. The van der Waals surface area contributed by atoms with Gasteiger partial charge in [-0.15, -0.1) is 0 Å². The van der Waals surface area contributed by atoms with E-state index in [1.54, 1.807) is 48.6 Å². The molecule has 2 fully saturated rings. The second kappa shape index (κ2) is 18.0. The molecule has 4 aromatic carbocycles. The van der Waals surface area contributed by atoms with Crippen molar-refractivity contribution in [3.8, 4) is 34.1 Å². The van der Waals surface area contributed by atoms with Gasteiger partial charge in [0.25, 0.3) is 11.8 Å². The summed E-state index contributed by atoms with van der Waals surface area (Å²) < 4.78 is 33.2. The predicted octanol–water partition coefficient (Wildman–Crippen LogP) is 5.35. The maximum Gasteiger partial charge on any atom is 0.260 e. The number of methoxy groups -OCH3 is 2. The molecule has 2 amide bonds. The fourth-order valence-corrected chi connectivity index (χ4v) is 5.63. The summed E-state index contributed by atoms with van der Waals surface area (Å²) >= 11 is 0. The minimum absolute atomic E-state index is 0.0608. The zero-order chi connectivity index (χ0) is 36.1. The van der Waals surface area contributed by atoms with Crippen molar-refractivity contribution < 1.29 is 38.0 Å². The summed E-state index contributed by atoms with van der Waals surface area (Å²) in [6.07, 6.45) is 3.52. The maximum absolute atomic E-state index is 12.5. The lowest BCUT2D eigenvalue weighted by Gasteiger charge is -2.26. The molecule has 12 heteroatoms. The van der Waals surface area contributed by atoms with Gasteiger partial charge in [-0.1, -0.05) is 24.3 Å². The minimum atomic E-state index is -0.0776. The van der Waals surface area contributed by atoms with Crippen LogP contribution in [0.3, 0.4) is 0 Å². The van der Waals surface area contributed by atoms with Gasteiger partial charge in [0, 0.05) is 38.6 Å².